The predicted octanol–water partition coefficient (Wildman–Crippen LogP) is 1.83. The lowest BCUT2D eigenvalue weighted by Crippen LogP contribution is -2.49. The molecule has 1 saturated heterocycles. The van der Waals surface area contributed by atoms with E-state index in [0.717, 1.165) is 55.6 Å². The van der Waals surface area contributed by atoms with Crippen molar-refractivity contribution in [2.45, 2.75) is 43.7 Å². The van der Waals surface area contributed by atoms with Crippen LogP contribution in [0.3, 0.4) is 0 Å². The summed E-state index contributed by atoms with van der Waals surface area (Å²) in [6, 6.07) is 5.67. The molecule has 1 aromatic heterocycles. The number of hydrogen-bond donors (Lipinski definition) is 2. The van der Waals surface area contributed by atoms with Gasteiger partial charge in [-0.15, -0.1) is 0 Å². The van der Waals surface area contributed by atoms with Crippen LogP contribution in [0.4, 0.5) is 5.95 Å². The van der Waals surface area contributed by atoms with Gasteiger partial charge in [0.1, 0.15) is 0 Å². The number of benzene rings is 1. The number of hydrogen-bond acceptors (Lipinski definition) is 5. The van der Waals surface area contributed by atoms with Crippen LogP contribution in [0, 0.1) is 0 Å². The Morgan fingerprint density at radius 3 is 2.85 bits per heavy atom. The minimum Gasteiger partial charge on any atom is -0.391 e. The SMILES string of the molecule is COCC1(NC(=O)c2ccc3c(c2)nc(N2CC[C@H](O)C2)n3C)CCCC1. The number of carbonyl (C=O) groups excluding carboxylic acids is 1. The van der Waals surface area contributed by atoms with E-state index in [1.165, 1.54) is 0 Å². The summed E-state index contributed by atoms with van der Waals surface area (Å²) < 4.78 is 7.39. The van der Waals surface area contributed by atoms with Gasteiger partial charge in [0.15, 0.2) is 0 Å². The van der Waals surface area contributed by atoms with Crippen molar-refractivity contribution >= 4 is 22.9 Å². The summed E-state index contributed by atoms with van der Waals surface area (Å²) in [5.74, 6) is 0.769. The van der Waals surface area contributed by atoms with Crippen molar-refractivity contribution in [3.63, 3.8) is 0 Å². The molecule has 2 aromatic rings. The van der Waals surface area contributed by atoms with Gasteiger partial charge in [-0.25, -0.2) is 4.98 Å². The average molecular weight is 372 g/mol. The molecule has 7 nitrogen and oxygen atoms in total. The number of carbonyl (C=O) groups is 1. The fourth-order valence-corrected chi connectivity index (χ4v) is 4.48. The summed E-state index contributed by atoms with van der Waals surface area (Å²) in [6.07, 6.45) is 4.62. The van der Waals surface area contributed by atoms with Crippen molar-refractivity contribution in [1.82, 2.24) is 14.9 Å². The lowest BCUT2D eigenvalue weighted by atomic mass is 9.98. The third-order valence-electron chi connectivity index (χ3n) is 5.93. The second-order valence-corrected chi connectivity index (χ2v) is 7.94. The Hall–Kier alpha value is -2.12. The third kappa shape index (κ3) is 3.41. The highest BCUT2D eigenvalue weighted by Gasteiger charge is 2.35. The number of β-amino-alcohol motifs (C(OH)–C–C–N with tert-alkyl or cyclic N) is 1. The average Bonchev–Trinajstić information content (AvgIpc) is 3.35. The van der Waals surface area contributed by atoms with Crippen LogP contribution >= 0.6 is 0 Å². The molecule has 4 rings (SSSR count). The van der Waals surface area contributed by atoms with Crippen LogP contribution in [0.5, 0.6) is 0 Å². The van der Waals surface area contributed by atoms with Crippen molar-refractivity contribution in [2.24, 2.45) is 7.05 Å². The van der Waals surface area contributed by atoms with E-state index >= 15 is 0 Å². The molecular weight excluding hydrogens is 344 g/mol. The lowest BCUT2D eigenvalue weighted by molar-refractivity contribution is 0.0767. The third-order valence-corrected chi connectivity index (χ3v) is 5.93. The highest BCUT2D eigenvalue weighted by atomic mass is 16.5. The Bertz CT molecular complexity index is 841. The summed E-state index contributed by atoms with van der Waals surface area (Å²) in [6.45, 7) is 1.95. The van der Waals surface area contributed by atoms with Crippen LogP contribution in [0.15, 0.2) is 18.2 Å². The fourth-order valence-electron chi connectivity index (χ4n) is 4.48. The van der Waals surface area contributed by atoms with Crippen LogP contribution in [0.1, 0.15) is 42.5 Å². The van der Waals surface area contributed by atoms with Gasteiger partial charge in [-0.3, -0.25) is 4.79 Å². The minimum atomic E-state index is -0.297. The Morgan fingerprint density at radius 2 is 2.19 bits per heavy atom. The number of fused-ring (bicyclic) bond motifs is 1. The minimum absolute atomic E-state index is 0.0698. The molecule has 2 heterocycles. The number of aromatic nitrogens is 2. The van der Waals surface area contributed by atoms with Crippen LogP contribution in [0.2, 0.25) is 0 Å². The van der Waals surface area contributed by atoms with Gasteiger partial charge in [0.25, 0.3) is 5.91 Å². The molecule has 0 unspecified atom stereocenters. The first kappa shape index (κ1) is 18.3. The highest BCUT2D eigenvalue weighted by molar-refractivity contribution is 5.98. The summed E-state index contributed by atoms with van der Waals surface area (Å²) in [5.41, 5.74) is 2.15. The molecule has 1 saturated carbocycles. The topological polar surface area (TPSA) is 79.6 Å². The summed E-state index contributed by atoms with van der Waals surface area (Å²) in [4.78, 5) is 19.7. The van der Waals surface area contributed by atoms with Gasteiger partial charge in [0.05, 0.1) is 29.3 Å². The van der Waals surface area contributed by atoms with Gasteiger partial charge in [-0.2, -0.15) is 0 Å². The molecule has 1 aliphatic carbocycles. The number of imidazole rings is 1. The number of methoxy groups -OCH3 is 1. The maximum absolute atomic E-state index is 12.9. The number of anilines is 1. The van der Waals surface area contributed by atoms with Gasteiger partial charge in [-0.1, -0.05) is 12.8 Å². The van der Waals surface area contributed by atoms with Crippen molar-refractivity contribution < 1.29 is 14.6 Å². The number of aliphatic hydroxyl groups is 1. The van der Waals surface area contributed by atoms with E-state index in [0.29, 0.717) is 18.7 Å². The van der Waals surface area contributed by atoms with E-state index in [2.05, 4.69) is 10.2 Å². The molecule has 146 valence electrons. The summed E-state index contributed by atoms with van der Waals surface area (Å²) in [5, 5.41) is 13.0. The van der Waals surface area contributed by atoms with Crippen LogP contribution in [0.25, 0.3) is 11.0 Å². The maximum Gasteiger partial charge on any atom is 0.251 e. The number of amides is 1. The quantitative estimate of drug-likeness (QED) is 0.837. The summed E-state index contributed by atoms with van der Waals surface area (Å²) >= 11 is 0. The van der Waals surface area contributed by atoms with E-state index in [1.807, 2.05) is 29.8 Å². The van der Waals surface area contributed by atoms with Gasteiger partial charge in [0, 0.05) is 32.8 Å². The van der Waals surface area contributed by atoms with Crippen LogP contribution in [-0.4, -0.2) is 59.0 Å². The normalized spacial score (nSPS) is 21.9. The van der Waals surface area contributed by atoms with E-state index in [4.69, 9.17) is 9.72 Å². The Morgan fingerprint density at radius 1 is 1.41 bits per heavy atom. The first-order valence-electron chi connectivity index (χ1n) is 9.72. The smallest absolute Gasteiger partial charge is 0.251 e. The molecule has 1 aliphatic heterocycles. The van der Waals surface area contributed by atoms with Gasteiger partial charge in [0.2, 0.25) is 5.95 Å². The predicted molar refractivity (Wildman–Crippen MR) is 104 cm³/mol. The molecule has 2 fully saturated rings. The zero-order chi connectivity index (χ0) is 19.0. The van der Waals surface area contributed by atoms with Crippen molar-refractivity contribution in [3.05, 3.63) is 23.8 Å². The van der Waals surface area contributed by atoms with E-state index in [-0.39, 0.29) is 17.6 Å². The van der Waals surface area contributed by atoms with Gasteiger partial charge >= 0.3 is 0 Å². The molecule has 2 N–H and O–H groups in total. The monoisotopic (exact) mass is 372 g/mol. The van der Waals surface area contributed by atoms with Crippen molar-refractivity contribution in [3.8, 4) is 0 Å². The zero-order valence-electron chi connectivity index (χ0n) is 16.1. The molecule has 1 amide bonds. The number of aryl methyl sites for hydroxylation is 1. The standard InChI is InChI=1S/C20H28N4O3/c1-23-17-6-5-14(18(26)22-20(13-27-2)8-3-4-9-20)11-16(17)21-19(23)24-10-7-15(25)12-24/h5-6,11,15,25H,3-4,7-10,12-13H2,1-2H3,(H,22,26)/t15-/m0/s1. The fraction of sp³-hybridized carbons (Fsp3) is 0.600. The molecule has 0 spiro atoms. The number of nitrogens with zero attached hydrogens (tertiary/aromatic N) is 3. The van der Waals surface area contributed by atoms with Gasteiger partial charge in [-0.05, 0) is 37.5 Å². The highest BCUT2D eigenvalue weighted by Crippen LogP contribution is 2.31. The Labute approximate surface area is 159 Å². The second kappa shape index (κ2) is 7.13. The summed E-state index contributed by atoms with van der Waals surface area (Å²) in [7, 11) is 3.66. The molecule has 2 aliphatic rings. The molecule has 1 aromatic carbocycles. The first-order chi connectivity index (χ1) is 13.0. The molecule has 7 heteroatoms. The second-order valence-electron chi connectivity index (χ2n) is 7.94. The maximum atomic E-state index is 12.9. The largest absolute Gasteiger partial charge is 0.391 e. The number of rotatable bonds is 5. The van der Waals surface area contributed by atoms with E-state index in [1.54, 1.807) is 7.11 Å². The molecular formula is C20H28N4O3. The van der Waals surface area contributed by atoms with E-state index in [9.17, 15) is 9.90 Å². The Balaban J connectivity index is 1.58. The number of ether oxygens (including phenoxy) is 1. The first-order valence-corrected chi connectivity index (χ1v) is 9.72. The molecule has 1 atom stereocenters. The van der Waals surface area contributed by atoms with Crippen molar-refractivity contribution in [2.75, 3.05) is 31.7 Å². The number of aliphatic hydroxyl groups excluding tert-OH is 1. The molecule has 0 radical (unpaired) electrons. The molecule has 27 heavy (non-hydrogen) atoms. The molecule has 0 bridgehead atoms. The van der Waals surface area contributed by atoms with Gasteiger partial charge < -0.3 is 24.6 Å². The lowest BCUT2D eigenvalue weighted by Gasteiger charge is -2.29. The van der Waals surface area contributed by atoms with Crippen molar-refractivity contribution in [1.29, 1.82) is 0 Å². The van der Waals surface area contributed by atoms with E-state index < -0.39 is 0 Å². The number of nitrogens with one attached hydrogen (secondary N) is 1. The Kier molecular flexibility index (Phi) is 4.82. The zero-order valence-corrected chi connectivity index (χ0v) is 16.1. The van der Waals surface area contributed by atoms with Crippen LogP contribution in [-0.2, 0) is 11.8 Å². The van der Waals surface area contributed by atoms with Crippen LogP contribution < -0.4 is 10.2 Å².